The average molecular weight is 327 g/mol. The molecule has 0 aliphatic carbocycles. The smallest absolute Gasteiger partial charge is 0.251 e. The first-order chi connectivity index (χ1) is 9.22. The summed E-state index contributed by atoms with van der Waals surface area (Å²) in [7, 11) is -4.04. The summed E-state index contributed by atoms with van der Waals surface area (Å²) in [6.45, 7) is 3.44. The second kappa shape index (κ2) is 7.31. The van der Waals surface area contributed by atoms with Crippen molar-refractivity contribution < 1.29 is 17.2 Å². The quantitative estimate of drug-likeness (QED) is 0.809. The number of hydrogen-bond acceptors (Lipinski definition) is 3. The van der Waals surface area contributed by atoms with Gasteiger partial charge < -0.3 is 5.32 Å². The van der Waals surface area contributed by atoms with Gasteiger partial charge in [0, 0.05) is 12.6 Å². The Morgan fingerprint density at radius 3 is 2.50 bits per heavy atom. The third-order valence-corrected chi connectivity index (χ3v) is 4.33. The molecule has 2 N–H and O–H groups in total. The summed E-state index contributed by atoms with van der Waals surface area (Å²) in [6.07, 6.45) is -2.76. The summed E-state index contributed by atoms with van der Waals surface area (Å²) < 4.78 is 49.8. The lowest BCUT2D eigenvalue weighted by Gasteiger charge is -2.12. The van der Waals surface area contributed by atoms with Crippen LogP contribution in [0.4, 0.5) is 8.78 Å². The van der Waals surface area contributed by atoms with Gasteiger partial charge in [0.25, 0.3) is 6.43 Å². The minimum Gasteiger partial charge on any atom is -0.310 e. The maximum Gasteiger partial charge on any atom is 0.251 e. The third kappa shape index (κ3) is 5.32. The van der Waals surface area contributed by atoms with Crippen LogP contribution in [0.3, 0.4) is 0 Å². The highest BCUT2D eigenvalue weighted by molar-refractivity contribution is 7.89. The van der Waals surface area contributed by atoms with Crippen LogP contribution >= 0.6 is 11.6 Å². The molecule has 0 heterocycles. The molecular formula is C12H17ClF2N2O2S. The molecule has 0 aliphatic rings. The third-order valence-electron chi connectivity index (χ3n) is 2.43. The van der Waals surface area contributed by atoms with Gasteiger partial charge in [0.05, 0.1) is 11.6 Å². The van der Waals surface area contributed by atoms with Crippen LogP contribution in [0.15, 0.2) is 23.1 Å². The molecule has 8 heteroatoms. The van der Waals surface area contributed by atoms with Crippen molar-refractivity contribution in [2.45, 2.75) is 37.8 Å². The number of sulfonamides is 1. The van der Waals surface area contributed by atoms with Crippen molar-refractivity contribution in [1.82, 2.24) is 10.0 Å². The van der Waals surface area contributed by atoms with E-state index in [2.05, 4.69) is 5.32 Å². The Balaban J connectivity index is 2.95. The average Bonchev–Trinajstić information content (AvgIpc) is 2.35. The van der Waals surface area contributed by atoms with E-state index in [0.717, 1.165) is 0 Å². The first kappa shape index (κ1) is 17.3. The summed E-state index contributed by atoms with van der Waals surface area (Å²) in [5.41, 5.74) is 0.709. The zero-order valence-electron chi connectivity index (χ0n) is 11.2. The van der Waals surface area contributed by atoms with Crippen molar-refractivity contribution in [2.24, 2.45) is 0 Å². The molecule has 0 atom stereocenters. The summed E-state index contributed by atoms with van der Waals surface area (Å²) in [4.78, 5) is -0.192. The molecule has 0 radical (unpaired) electrons. The maximum atomic E-state index is 12.1. The fourth-order valence-corrected chi connectivity index (χ4v) is 2.99. The molecule has 0 bridgehead atoms. The van der Waals surface area contributed by atoms with Crippen LogP contribution < -0.4 is 10.0 Å². The van der Waals surface area contributed by atoms with Crippen molar-refractivity contribution in [3.8, 4) is 0 Å². The molecular weight excluding hydrogens is 310 g/mol. The van der Waals surface area contributed by atoms with Gasteiger partial charge in [-0.2, -0.15) is 0 Å². The zero-order valence-corrected chi connectivity index (χ0v) is 12.7. The Bertz CT molecular complexity index is 550. The SMILES string of the molecule is CC(C)NCc1ccc(Cl)c(S(=O)(=O)NCC(F)F)c1. The van der Waals surface area contributed by atoms with Crippen LogP contribution in [-0.2, 0) is 16.6 Å². The number of benzene rings is 1. The number of rotatable bonds is 7. The second-order valence-corrected chi connectivity index (χ2v) is 6.69. The summed E-state index contributed by atoms with van der Waals surface area (Å²) in [5, 5.41) is 3.13. The highest BCUT2D eigenvalue weighted by Gasteiger charge is 2.20. The molecule has 0 aliphatic heterocycles. The normalized spacial score (nSPS) is 12.3. The highest BCUT2D eigenvalue weighted by atomic mass is 35.5. The number of alkyl halides is 2. The lowest BCUT2D eigenvalue weighted by atomic mass is 10.2. The van der Waals surface area contributed by atoms with E-state index in [-0.39, 0.29) is 16.0 Å². The van der Waals surface area contributed by atoms with Gasteiger partial charge in [0.15, 0.2) is 0 Å². The van der Waals surface area contributed by atoms with E-state index in [0.29, 0.717) is 12.1 Å². The Morgan fingerprint density at radius 2 is 1.95 bits per heavy atom. The molecule has 1 rings (SSSR count). The standard InChI is InChI=1S/C12H17ClF2N2O2S/c1-8(2)16-6-9-3-4-10(13)11(5-9)20(18,19)17-7-12(14)15/h3-5,8,12,16-17H,6-7H2,1-2H3. The van der Waals surface area contributed by atoms with E-state index in [1.54, 1.807) is 6.07 Å². The molecule has 1 aromatic carbocycles. The monoisotopic (exact) mass is 326 g/mol. The minimum absolute atomic E-state index is 0.0000586. The van der Waals surface area contributed by atoms with Crippen LogP contribution in [0.2, 0.25) is 5.02 Å². The summed E-state index contributed by atoms with van der Waals surface area (Å²) in [6, 6.07) is 4.74. The summed E-state index contributed by atoms with van der Waals surface area (Å²) in [5.74, 6) is 0. The predicted octanol–water partition coefficient (Wildman–Crippen LogP) is 2.38. The van der Waals surface area contributed by atoms with Gasteiger partial charge in [-0.25, -0.2) is 21.9 Å². The molecule has 1 aromatic rings. The van der Waals surface area contributed by atoms with Crippen LogP contribution in [0.1, 0.15) is 19.4 Å². The van der Waals surface area contributed by atoms with Crippen molar-refractivity contribution in [3.63, 3.8) is 0 Å². The van der Waals surface area contributed by atoms with Gasteiger partial charge in [-0.1, -0.05) is 31.5 Å². The second-order valence-electron chi connectivity index (χ2n) is 4.54. The molecule has 0 saturated carbocycles. The molecule has 20 heavy (non-hydrogen) atoms. The van der Waals surface area contributed by atoms with Crippen molar-refractivity contribution in [2.75, 3.05) is 6.54 Å². The van der Waals surface area contributed by atoms with Crippen LogP contribution in [0.25, 0.3) is 0 Å². The molecule has 0 unspecified atom stereocenters. The molecule has 114 valence electrons. The van der Waals surface area contributed by atoms with Crippen LogP contribution in [0.5, 0.6) is 0 Å². The van der Waals surface area contributed by atoms with E-state index >= 15 is 0 Å². The largest absolute Gasteiger partial charge is 0.310 e. The van der Waals surface area contributed by atoms with Gasteiger partial charge in [-0.3, -0.25) is 0 Å². The zero-order chi connectivity index (χ0) is 15.3. The Morgan fingerprint density at radius 1 is 1.30 bits per heavy atom. The maximum absolute atomic E-state index is 12.1. The minimum atomic E-state index is -4.04. The van der Waals surface area contributed by atoms with E-state index in [1.807, 2.05) is 18.6 Å². The number of halogens is 3. The van der Waals surface area contributed by atoms with Crippen molar-refractivity contribution in [1.29, 1.82) is 0 Å². The van der Waals surface area contributed by atoms with Crippen LogP contribution in [-0.4, -0.2) is 27.4 Å². The first-order valence-corrected chi connectivity index (χ1v) is 7.88. The Labute approximate surface area is 122 Å². The van der Waals surface area contributed by atoms with Gasteiger partial charge >= 0.3 is 0 Å². The fourth-order valence-electron chi connectivity index (χ4n) is 1.44. The fraction of sp³-hybridized carbons (Fsp3) is 0.500. The van der Waals surface area contributed by atoms with Crippen molar-refractivity contribution >= 4 is 21.6 Å². The van der Waals surface area contributed by atoms with E-state index in [4.69, 9.17) is 11.6 Å². The molecule has 0 fully saturated rings. The van der Waals surface area contributed by atoms with Gasteiger partial charge in [-0.05, 0) is 17.7 Å². The molecule has 0 spiro atoms. The Hall–Kier alpha value is -0.760. The van der Waals surface area contributed by atoms with E-state index in [9.17, 15) is 17.2 Å². The Kier molecular flexibility index (Phi) is 6.32. The van der Waals surface area contributed by atoms with Crippen LogP contribution in [0, 0.1) is 0 Å². The van der Waals surface area contributed by atoms with Gasteiger partial charge in [0.1, 0.15) is 4.90 Å². The first-order valence-electron chi connectivity index (χ1n) is 6.02. The molecule has 0 aromatic heterocycles. The molecule has 4 nitrogen and oxygen atoms in total. The predicted molar refractivity (Wildman–Crippen MR) is 74.6 cm³/mol. The highest BCUT2D eigenvalue weighted by Crippen LogP contribution is 2.22. The number of hydrogen-bond donors (Lipinski definition) is 2. The van der Waals surface area contributed by atoms with E-state index < -0.39 is 23.0 Å². The van der Waals surface area contributed by atoms with Crippen molar-refractivity contribution in [3.05, 3.63) is 28.8 Å². The molecule has 0 amide bonds. The van der Waals surface area contributed by atoms with E-state index in [1.165, 1.54) is 12.1 Å². The summed E-state index contributed by atoms with van der Waals surface area (Å²) >= 11 is 5.83. The topological polar surface area (TPSA) is 58.2 Å². The lowest BCUT2D eigenvalue weighted by Crippen LogP contribution is -2.29. The molecule has 0 saturated heterocycles. The number of nitrogens with one attached hydrogen (secondary N) is 2. The van der Waals surface area contributed by atoms with Gasteiger partial charge in [0.2, 0.25) is 10.0 Å². The van der Waals surface area contributed by atoms with Gasteiger partial charge in [-0.15, -0.1) is 0 Å². The lowest BCUT2D eigenvalue weighted by molar-refractivity contribution is 0.153.